The van der Waals surface area contributed by atoms with Gasteiger partial charge in [-0.15, -0.1) is 0 Å². The van der Waals surface area contributed by atoms with Crippen LogP contribution in [-0.2, 0) is 13.0 Å². The van der Waals surface area contributed by atoms with Crippen molar-refractivity contribution in [2.45, 2.75) is 13.0 Å². The van der Waals surface area contributed by atoms with Crippen LogP contribution in [0.5, 0.6) is 11.5 Å². The highest BCUT2D eigenvalue weighted by atomic mass is 16.5. The van der Waals surface area contributed by atoms with E-state index in [1.807, 2.05) is 42.5 Å². The summed E-state index contributed by atoms with van der Waals surface area (Å²) in [5.41, 5.74) is 8.66. The first-order valence-corrected chi connectivity index (χ1v) is 9.00. The molecule has 0 atom stereocenters. The monoisotopic (exact) mass is 384 g/mol. The molecule has 3 N–H and O–H groups in total. The fourth-order valence-electron chi connectivity index (χ4n) is 2.66. The normalized spacial score (nSPS) is 11.1. The summed E-state index contributed by atoms with van der Waals surface area (Å²) in [6.45, 7) is 1.06. The fraction of sp³-hybridized carbons (Fsp3) is 0.333. The summed E-state index contributed by atoms with van der Waals surface area (Å²) in [4.78, 5) is 18.0. The summed E-state index contributed by atoms with van der Waals surface area (Å²) < 4.78 is 10.5. The summed E-state index contributed by atoms with van der Waals surface area (Å²) in [5.74, 6) is 1.70. The number of hydrogen-bond donors (Lipinski definition) is 2. The summed E-state index contributed by atoms with van der Waals surface area (Å²) in [6, 6.07) is 13.2. The van der Waals surface area contributed by atoms with E-state index in [1.165, 1.54) is 0 Å². The van der Waals surface area contributed by atoms with Crippen LogP contribution >= 0.6 is 0 Å². The maximum Gasteiger partial charge on any atom is 0.253 e. The lowest BCUT2D eigenvalue weighted by atomic mass is 10.1. The van der Waals surface area contributed by atoms with Gasteiger partial charge in [-0.05, 0) is 41.8 Å². The Labute approximate surface area is 166 Å². The highest BCUT2D eigenvalue weighted by Crippen LogP contribution is 2.27. The lowest BCUT2D eigenvalue weighted by Crippen LogP contribution is -2.33. The van der Waals surface area contributed by atoms with E-state index in [-0.39, 0.29) is 5.91 Å². The first kappa shape index (κ1) is 21.1. The maximum atomic E-state index is 12.0. The Hall–Kier alpha value is -3.22. The van der Waals surface area contributed by atoms with Crippen LogP contribution in [0, 0.1) is 0 Å². The molecule has 7 heteroatoms. The van der Waals surface area contributed by atoms with Gasteiger partial charge < -0.3 is 25.4 Å². The Balaban J connectivity index is 1.88. The molecule has 0 heterocycles. The zero-order valence-corrected chi connectivity index (χ0v) is 16.9. The number of nitrogens with zero attached hydrogens (tertiary/aromatic N) is 2. The minimum absolute atomic E-state index is 0.00851. The molecule has 28 heavy (non-hydrogen) atoms. The third-order valence-corrected chi connectivity index (χ3v) is 4.18. The predicted molar refractivity (Wildman–Crippen MR) is 111 cm³/mol. The van der Waals surface area contributed by atoms with E-state index in [1.54, 1.807) is 33.2 Å². The molecule has 0 aliphatic carbocycles. The van der Waals surface area contributed by atoms with E-state index in [0.29, 0.717) is 36.1 Å². The topological polar surface area (TPSA) is 89.2 Å². The third-order valence-electron chi connectivity index (χ3n) is 4.18. The van der Waals surface area contributed by atoms with Gasteiger partial charge in [-0.25, -0.2) is 4.99 Å². The first-order chi connectivity index (χ1) is 13.4. The van der Waals surface area contributed by atoms with Crippen LogP contribution in [0.15, 0.2) is 47.5 Å². The number of aliphatic imine (C=N–C) groups is 1. The molecule has 0 aromatic heterocycles. The van der Waals surface area contributed by atoms with E-state index in [0.717, 1.165) is 17.5 Å². The number of carbonyl (C=O) groups excluding carboxylic acids is 1. The van der Waals surface area contributed by atoms with Crippen molar-refractivity contribution in [1.82, 2.24) is 10.2 Å². The van der Waals surface area contributed by atoms with Crippen molar-refractivity contribution in [1.29, 1.82) is 0 Å². The zero-order chi connectivity index (χ0) is 20.5. The van der Waals surface area contributed by atoms with Crippen molar-refractivity contribution in [3.05, 3.63) is 59.2 Å². The van der Waals surface area contributed by atoms with Gasteiger partial charge in [0.2, 0.25) is 0 Å². The van der Waals surface area contributed by atoms with Gasteiger partial charge in [-0.1, -0.05) is 18.2 Å². The van der Waals surface area contributed by atoms with Crippen LogP contribution in [0.3, 0.4) is 0 Å². The number of amides is 1. The average molecular weight is 384 g/mol. The molecule has 0 saturated carbocycles. The molecule has 0 aliphatic heterocycles. The number of hydrogen-bond acceptors (Lipinski definition) is 4. The molecule has 0 fully saturated rings. The van der Waals surface area contributed by atoms with E-state index in [2.05, 4.69) is 10.3 Å². The van der Waals surface area contributed by atoms with Gasteiger partial charge in [0, 0.05) is 26.2 Å². The number of guanidine groups is 1. The minimum atomic E-state index is -0.00851. The Bertz CT molecular complexity index is 834. The molecule has 0 saturated heterocycles. The standard InChI is InChI=1S/C21H28N4O3/c1-25(2)20(26)17-7-5-6-15(12-17)10-11-23-21(22)24-14-16-8-9-18(27-3)19(13-16)28-4/h5-9,12-13H,10-11,14H2,1-4H3,(H3,22,23,24). The Morgan fingerprint density at radius 3 is 2.50 bits per heavy atom. The number of carbonyl (C=O) groups is 1. The van der Waals surface area contributed by atoms with Gasteiger partial charge in [-0.3, -0.25) is 4.79 Å². The van der Waals surface area contributed by atoms with Crippen molar-refractivity contribution in [2.24, 2.45) is 10.7 Å². The first-order valence-electron chi connectivity index (χ1n) is 9.00. The average Bonchev–Trinajstić information content (AvgIpc) is 2.71. The molecule has 2 aromatic rings. The molecule has 0 unspecified atom stereocenters. The Morgan fingerprint density at radius 2 is 1.82 bits per heavy atom. The second-order valence-electron chi connectivity index (χ2n) is 6.47. The van der Waals surface area contributed by atoms with Crippen molar-refractivity contribution in [3.8, 4) is 11.5 Å². The second kappa shape index (κ2) is 10.2. The Kier molecular flexibility index (Phi) is 7.68. The highest BCUT2D eigenvalue weighted by Gasteiger charge is 2.08. The van der Waals surface area contributed by atoms with Crippen LogP contribution in [-0.4, -0.2) is 51.6 Å². The molecule has 7 nitrogen and oxygen atoms in total. The summed E-state index contributed by atoms with van der Waals surface area (Å²) >= 11 is 0. The third kappa shape index (κ3) is 5.90. The van der Waals surface area contributed by atoms with Crippen LogP contribution in [0.4, 0.5) is 0 Å². The summed E-state index contributed by atoms with van der Waals surface area (Å²) in [7, 11) is 6.68. The van der Waals surface area contributed by atoms with Gasteiger partial charge in [0.1, 0.15) is 0 Å². The predicted octanol–water partition coefficient (Wildman–Crippen LogP) is 2.05. The maximum absolute atomic E-state index is 12.0. The quantitative estimate of drug-likeness (QED) is 0.537. The number of ether oxygens (including phenoxy) is 2. The molecule has 0 aliphatic rings. The Morgan fingerprint density at radius 1 is 1.07 bits per heavy atom. The summed E-state index contributed by atoms with van der Waals surface area (Å²) in [5, 5.41) is 3.10. The van der Waals surface area contributed by atoms with Gasteiger partial charge in [0.25, 0.3) is 5.91 Å². The molecule has 0 radical (unpaired) electrons. The number of nitrogens with two attached hydrogens (primary N) is 1. The SMILES string of the molecule is COc1ccc(CN=C(N)NCCc2cccc(C(=O)N(C)C)c2)cc1OC. The van der Waals surface area contributed by atoms with E-state index >= 15 is 0 Å². The number of methoxy groups -OCH3 is 2. The van der Waals surface area contributed by atoms with Crippen molar-refractivity contribution in [2.75, 3.05) is 34.9 Å². The molecule has 2 rings (SSSR count). The molecular weight excluding hydrogens is 356 g/mol. The molecule has 2 aromatic carbocycles. The lowest BCUT2D eigenvalue weighted by Gasteiger charge is -2.11. The molecule has 0 bridgehead atoms. The second-order valence-corrected chi connectivity index (χ2v) is 6.47. The molecular formula is C21H28N4O3. The van der Waals surface area contributed by atoms with Crippen molar-refractivity contribution in [3.63, 3.8) is 0 Å². The number of benzene rings is 2. The highest BCUT2D eigenvalue weighted by molar-refractivity contribution is 5.94. The van der Waals surface area contributed by atoms with Gasteiger partial charge in [-0.2, -0.15) is 0 Å². The van der Waals surface area contributed by atoms with Gasteiger partial charge >= 0.3 is 0 Å². The van der Waals surface area contributed by atoms with Crippen LogP contribution in [0.1, 0.15) is 21.5 Å². The molecule has 1 amide bonds. The number of nitrogens with one attached hydrogen (secondary N) is 1. The van der Waals surface area contributed by atoms with Crippen molar-refractivity contribution >= 4 is 11.9 Å². The largest absolute Gasteiger partial charge is 0.493 e. The lowest BCUT2D eigenvalue weighted by molar-refractivity contribution is 0.0827. The van der Waals surface area contributed by atoms with E-state index in [9.17, 15) is 4.79 Å². The zero-order valence-electron chi connectivity index (χ0n) is 16.9. The van der Waals surface area contributed by atoms with Crippen LogP contribution in [0.25, 0.3) is 0 Å². The fourth-order valence-corrected chi connectivity index (χ4v) is 2.66. The van der Waals surface area contributed by atoms with Gasteiger partial charge in [0.05, 0.1) is 20.8 Å². The number of rotatable bonds is 8. The van der Waals surface area contributed by atoms with E-state index in [4.69, 9.17) is 15.2 Å². The van der Waals surface area contributed by atoms with Crippen LogP contribution < -0.4 is 20.5 Å². The van der Waals surface area contributed by atoms with Crippen molar-refractivity contribution < 1.29 is 14.3 Å². The van der Waals surface area contributed by atoms with Gasteiger partial charge in [0.15, 0.2) is 17.5 Å². The van der Waals surface area contributed by atoms with E-state index < -0.39 is 0 Å². The van der Waals surface area contributed by atoms with Crippen LogP contribution in [0.2, 0.25) is 0 Å². The molecule has 150 valence electrons. The minimum Gasteiger partial charge on any atom is -0.493 e. The summed E-state index contributed by atoms with van der Waals surface area (Å²) in [6.07, 6.45) is 0.737. The molecule has 0 spiro atoms. The smallest absolute Gasteiger partial charge is 0.253 e.